The highest BCUT2D eigenvalue weighted by atomic mass is 32.2. The molecule has 1 aliphatic carbocycles. The topological polar surface area (TPSA) is 77.1 Å². The van der Waals surface area contributed by atoms with Gasteiger partial charge in [-0.15, -0.1) is 5.10 Å². The quantitative estimate of drug-likeness (QED) is 0.759. The molecule has 0 unspecified atom stereocenters. The molecule has 0 saturated heterocycles. The predicted octanol–water partition coefficient (Wildman–Crippen LogP) is 2.13. The molecule has 0 radical (unpaired) electrons. The summed E-state index contributed by atoms with van der Waals surface area (Å²) >= 11 is 1.39. The van der Waals surface area contributed by atoms with Crippen molar-refractivity contribution in [1.29, 1.82) is 0 Å². The molecule has 1 aliphatic rings. The number of amides is 1. The lowest BCUT2D eigenvalue weighted by atomic mass is 10.3. The van der Waals surface area contributed by atoms with Crippen LogP contribution in [0.4, 0.5) is 0 Å². The van der Waals surface area contributed by atoms with Gasteiger partial charge in [-0.25, -0.2) is 4.68 Å². The maximum Gasteiger partial charge on any atom is 0.233 e. The van der Waals surface area contributed by atoms with Crippen molar-refractivity contribution < 1.29 is 9.21 Å². The minimum atomic E-state index is 0.0300. The minimum Gasteiger partial charge on any atom is -0.467 e. The maximum atomic E-state index is 12.2. The van der Waals surface area contributed by atoms with E-state index < -0.39 is 0 Å². The van der Waals surface area contributed by atoms with Crippen LogP contribution in [-0.2, 0) is 11.3 Å². The summed E-state index contributed by atoms with van der Waals surface area (Å²) in [6, 6.07) is 4.06. The van der Waals surface area contributed by atoms with Gasteiger partial charge in [0.25, 0.3) is 0 Å². The number of thioether (sulfide) groups is 1. The van der Waals surface area contributed by atoms with Crippen LogP contribution in [0.15, 0.2) is 28.0 Å². The highest BCUT2D eigenvalue weighted by Gasteiger charge is 2.22. The van der Waals surface area contributed by atoms with Crippen LogP contribution >= 0.6 is 11.8 Å². The normalized spacial score (nSPS) is 15.3. The second kappa shape index (κ2) is 6.95. The van der Waals surface area contributed by atoms with E-state index in [0.717, 1.165) is 23.8 Å². The number of hydrogen-bond donors (Lipinski definition) is 0. The van der Waals surface area contributed by atoms with E-state index in [9.17, 15) is 4.79 Å². The van der Waals surface area contributed by atoms with Crippen molar-refractivity contribution in [2.75, 3.05) is 12.8 Å². The van der Waals surface area contributed by atoms with Gasteiger partial charge < -0.3 is 9.32 Å². The van der Waals surface area contributed by atoms with Crippen molar-refractivity contribution in [2.24, 2.45) is 0 Å². The summed E-state index contributed by atoms with van der Waals surface area (Å²) in [5, 5.41) is 12.6. The number of carbonyl (C=O) groups is 1. The van der Waals surface area contributed by atoms with E-state index in [1.165, 1.54) is 24.6 Å². The molecule has 7 nitrogen and oxygen atoms in total. The summed E-state index contributed by atoms with van der Waals surface area (Å²) in [6.45, 7) is 0.472. The summed E-state index contributed by atoms with van der Waals surface area (Å²) < 4.78 is 7.13. The van der Waals surface area contributed by atoms with Gasteiger partial charge in [0.15, 0.2) is 0 Å². The molecule has 0 aliphatic heterocycles. The third kappa shape index (κ3) is 3.49. The molecule has 118 valence electrons. The lowest BCUT2D eigenvalue weighted by molar-refractivity contribution is -0.127. The SMILES string of the molecule is CN(Cc1ccco1)C(=O)CSc1nnnn1C1CCCC1. The van der Waals surface area contributed by atoms with Gasteiger partial charge in [0, 0.05) is 7.05 Å². The summed E-state index contributed by atoms with van der Waals surface area (Å²) in [5.74, 6) is 1.13. The molecular weight excluding hydrogens is 302 g/mol. The van der Waals surface area contributed by atoms with Crippen LogP contribution in [0.1, 0.15) is 37.5 Å². The molecule has 1 fully saturated rings. The first-order valence-corrected chi connectivity index (χ1v) is 8.39. The highest BCUT2D eigenvalue weighted by molar-refractivity contribution is 7.99. The van der Waals surface area contributed by atoms with Gasteiger partial charge in [0.1, 0.15) is 5.76 Å². The van der Waals surface area contributed by atoms with Gasteiger partial charge in [-0.1, -0.05) is 24.6 Å². The highest BCUT2D eigenvalue weighted by Crippen LogP contribution is 2.31. The van der Waals surface area contributed by atoms with Crippen molar-refractivity contribution in [3.05, 3.63) is 24.2 Å². The molecule has 1 amide bonds. The summed E-state index contributed by atoms with van der Waals surface area (Å²) in [5.41, 5.74) is 0. The van der Waals surface area contributed by atoms with Gasteiger partial charge >= 0.3 is 0 Å². The molecule has 0 aromatic carbocycles. The average Bonchev–Trinajstić information content (AvgIpc) is 3.25. The number of aromatic nitrogens is 4. The third-order valence-corrected chi connectivity index (χ3v) is 4.77. The predicted molar refractivity (Wildman–Crippen MR) is 81.2 cm³/mol. The molecule has 0 N–H and O–H groups in total. The van der Waals surface area contributed by atoms with Crippen molar-refractivity contribution in [3.63, 3.8) is 0 Å². The summed E-state index contributed by atoms with van der Waals surface area (Å²) in [7, 11) is 1.77. The molecule has 3 rings (SSSR count). The van der Waals surface area contributed by atoms with Crippen LogP contribution < -0.4 is 0 Å². The molecule has 2 heterocycles. The Morgan fingerprint density at radius 2 is 2.32 bits per heavy atom. The Kier molecular flexibility index (Phi) is 4.77. The Morgan fingerprint density at radius 3 is 3.05 bits per heavy atom. The number of rotatable bonds is 6. The Morgan fingerprint density at radius 1 is 1.50 bits per heavy atom. The first-order chi connectivity index (χ1) is 10.7. The number of furan rings is 1. The fourth-order valence-electron chi connectivity index (χ4n) is 2.62. The molecular formula is C14H19N5O2S. The van der Waals surface area contributed by atoms with E-state index in [0.29, 0.717) is 18.3 Å². The van der Waals surface area contributed by atoms with Gasteiger partial charge in [0.2, 0.25) is 11.1 Å². The van der Waals surface area contributed by atoms with E-state index >= 15 is 0 Å². The molecule has 2 aromatic rings. The Labute approximate surface area is 133 Å². The van der Waals surface area contributed by atoms with E-state index in [-0.39, 0.29) is 5.91 Å². The molecule has 0 bridgehead atoms. The summed E-state index contributed by atoms with van der Waals surface area (Å²) in [4.78, 5) is 13.8. The third-order valence-electron chi connectivity index (χ3n) is 3.86. The number of nitrogens with zero attached hydrogens (tertiary/aromatic N) is 5. The van der Waals surface area contributed by atoms with E-state index in [1.807, 2.05) is 16.8 Å². The molecule has 0 spiro atoms. The first kappa shape index (κ1) is 15.1. The standard InChI is InChI=1S/C14H19N5O2S/c1-18(9-12-7-4-8-21-12)13(20)10-22-14-15-16-17-19(14)11-5-2-3-6-11/h4,7-8,11H,2-3,5-6,9-10H2,1H3. The Bertz CT molecular complexity index is 607. The van der Waals surface area contributed by atoms with Crippen LogP contribution in [0.25, 0.3) is 0 Å². The lowest BCUT2D eigenvalue weighted by Crippen LogP contribution is -2.27. The van der Waals surface area contributed by atoms with Crippen molar-refractivity contribution in [2.45, 2.75) is 43.4 Å². The van der Waals surface area contributed by atoms with E-state index in [1.54, 1.807) is 18.2 Å². The fourth-order valence-corrected chi connectivity index (χ4v) is 3.50. The lowest BCUT2D eigenvalue weighted by Gasteiger charge is -2.15. The zero-order chi connectivity index (χ0) is 15.4. The van der Waals surface area contributed by atoms with Gasteiger partial charge in [-0.05, 0) is 35.4 Å². The monoisotopic (exact) mass is 321 g/mol. The number of hydrogen-bond acceptors (Lipinski definition) is 6. The molecule has 8 heteroatoms. The van der Waals surface area contributed by atoms with E-state index in [4.69, 9.17) is 4.42 Å². The zero-order valence-corrected chi connectivity index (χ0v) is 13.3. The average molecular weight is 321 g/mol. The first-order valence-electron chi connectivity index (χ1n) is 7.41. The molecule has 1 saturated carbocycles. The molecule has 2 aromatic heterocycles. The Hall–Kier alpha value is -1.83. The second-order valence-electron chi connectivity index (χ2n) is 5.46. The second-order valence-corrected chi connectivity index (χ2v) is 6.40. The molecule has 0 atom stereocenters. The number of carbonyl (C=O) groups excluding carboxylic acids is 1. The Balaban J connectivity index is 1.53. The van der Waals surface area contributed by atoms with Crippen LogP contribution in [-0.4, -0.2) is 43.8 Å². The van der Waals surface area contributed by atoms with Crippen LogP contribution in [0.2, 0.25) is 0 Å². The fraction of sp³-hybridized carbons (Fsp3) is 0.571. The smallest absolute Gasteiger partial charge is 0.233 e. The zero-order valence-electron chi connectivity index (χ0n) is 12.5. The van der Waals surface area contributed by atoms with Crippen LogP contribution in [0.5, 0.6) is 0 Å². The minimum absolute atomic E-state index is 0.0300. The van der Waals surface area contributed by atoms with Crippen molar-refractivity contribution >= 4 is 17.7 Å². The van der Waals surface area contributed by atoms with Crippen LogP contribution in [0.3, 0.4) is 0 Å². The van der Waals surface area contributed by atoms with Crippen molar-refractivity contribution in [1.82, 2.24) is 25.1 Å². The molecule has 22 heavy (non-hydrogen) atoms. The largest absolute Gasteiger partial charge is 0.467 e. The van der Waals surface area contributed by atoms with Gasteiger partial charge in [0.05, 0.1) is 24.6 Å². The van der Waals surface area contributed by atoms with Gasteiger partial charge in [-0.3, -0.25) is 4.79 Å². The van der Waals surface area contributed by atoms with Gasteiger partial charge in [-0.2, -0.15) is 0 Å². The summed E-state index contributed by atoms with van der Waals surface area (Å²) in [6.07, 6.45) is 6.28. The maximum absolute atomic E-state index is 12.2. The number of tetrazole rings is 1. The van der Waals surface area contributed by atoms with Crippen LogP contribution in [0, 0.1) is 0 Å². The van der Waals surface area contributed by atoms with E-state index in [2.05, 4.69) is 15.5 Å². The van der Waals surface area contributed by atoms with Crippen molar-refractivity contribution in [3.8, 4) is 0 Å².